The summed E-state index contributed by atoms with van der Waals surface area (Å²) in [5.41, 5.74) is 2.24. The number of carbonyl (C=O) groups excluding carboxylic acids is 2. The van der Waals surface area contributed by atoms with Gasteiger partial charge >= 0.3 is 0 Å². The molecule has 2 aromatic rings. The van der Waals surface area contributed by atoms with E-state index in [1.165, 1.54) is 0 Å². The molecule has 0 bridgehead atoms. The Bertz CT molecular complexity index is 743. The van der Waals surface area contributed by atoms with Crippen LogP contribution in [0, 0.1) is 0 Å². The monoisotopic (exact) mass is 391 g/mol. The van der Waals surface area contributed by atoms with E-state index in [0.29, 0.717) is 31.0 Å². The molecule has 1 aromatic carbocycles. The van der Waals surface area contributed by atoms with Crippen molar-refractivity contribution in [2.24, 2.45) is 0 Å². The molecule has 0 radical (unpaired) electrons. The van der Waals surface area contributed by atoms with Crippen LogP contribution in [0.15, 0.2) is 41.1 Å². The minimum Gasteiger partial charge on any atom is -0.368 e. The average Bonchev–Trinajstić information content (AvgIpc) is 3.18. The van der Waals surface area contributed by atoms with Crippen LogP contribution in [0.25, 0.3) is 0 Å². The molecule has 3 rings (SSSR count). The fraction of sp³-hybridized carbons (Fsp3) is 0.368. The van der Waals surface area contributed by atoms with Gasteiger partial charge in [-0.1, -0.05) is 17.7 Å². The van der Waals surface area contributed by atoms with Gasteiger partial charge in [-0.25, -0.2) is 0 Å². The number of amides is 2. The zero-order chi connectivity index (χ0) is 18.4. The molecule has 1 fully saturated rings. The van der Waals surface area contributed by atoms with Crippen LogP contribution < -0.4 is 10.2 Å². The molecule has 0 atom stereocenters. The van der Waals surface area contributed by atoms with Gasteiger partial charge in [-0.3, -0.25) is 9.59 Å². The molecule has 1 aliphatic rings. The van der Waals surface area contributed by atoms with E-state index in [9.17, 15) is 9.59 Å². The van der Waals surface area contributed by atoms with Gasteiger partial charge in [-0.15, -0.1) is 0 Å². The second-order valence-electron chi connectivity index (χ2n) is 6.26. The van der Waals surface area contributed by atoms with Crippen LogP contribution in [0.5, 0.6) is 0 Å². The molecule has 138 valence electrons. The summed E-state index contributed by atoms with van der Waals surface area (Å²) in [5, 5.41) is 7.49. The Kier molecular flexibility index (Phi) is 6.52. The molecule has 0 spiro atoms. The largest absolute Gasteiger partial charge is 0.368 e. The molecule has 0 saturated carbocycles. The summed E-state index contributed by atoms with van der Waals surface area (Å²) in [6.07, 6.45) is 1.12. The summed E-state index contributed by atoms with van der Waals surface area (Å²) in [4.78, 5) is 28.2. The minimum atomic E-state index is -0.0814. The molecule has 1 aromatic heterocycles. The first kappa shape index (κ1) is 18.7. The first-order valence-corrected chi connectivity index (χ1v) is 10.00. The number of hydrogen-bond donors (Lipinski definition) is 1. The third kappa shape index (κ3) is 5.22. The number of nitrogens with one attached hydrogen (secondary N) is 1. The summed E-state index contributed by atoms with van der Waals surface area (Å²) in [7, 11) is 0. The number of benzene rings is 1. The van der Waals surface area contributed by atoms with Gasteiger partial charge in [-0.05, 0) is 47.0 Å². The fourth-order valence-electron chi connectivity index (χ4n) is 2.95. The zero-order valence-corrected chi connectivity index (χ0v) is 16.1. The van der Waals surface area contributed by atoms with Crippen LogP contribution in [0.3, 0.4) is 0 Å². The van der Waals surface area contributed by atoms with E-state index >= 15 is 0 Å². The zero-order valence-electron chi connectivity index (χ0n) is 14.5. The van der Waals surface area contributed by atoms with E-state index in [1.54, 1.807) is 16.2 Å². The predicted octanol–water partition coefficient (Wildman–Crippen LogP) is 2.80. The van der Waals surface area contributed by atoms with Gasteiger partial charge in [0.1, 0.15) is 0 Å². The third-order valence-electron chi connectivity index (χ3n) is 4.46. The van der Waals surface area contributed by atoms with Crippen molar-refractivity contribution in [3.05, 3.63) is 51.7 Å². The lowest BCUT2D eigenvalue weighted by Gasteiger charge is -2.36. The molecule has 1 N–H and O–H groups in total. The smallest absolute Gasteiger partial charge is 0.242 e. The highest BCUT2D eigenvalue weighted by Gasteiger charge is 2.21. The van der Waals surface area contributed by atoms with Crippen LogP contribution >= 0.6 is 22.9 Å². The Balaban J connectivity index is 1.38. The van der Waals surface area contributed by atoms with Gasteiger partial charge in [0.15, 0.2) is 0 Å². The number of halogens is 1. The van der Waals surface area contributed by atoms with E-state index in [0.717, 1.165) is 24.3 Å². The van der Waals surface area contributed by atoms with Crippen LogP contribution in [0.2, 0.25) is 5.02 Å². The van der Waals surface area contributed by atoms with Crippen LogP contribution in [0.1, 0.15) is 12.0 Å². The molecule has 1 aliphatic heterocycles. The highest BCUT2D eigenvalue weighted by atomic mass is 35.5. The third-order valence-corrected chi connectivity index (χ3v) is 5.43. The van der Waals surface area contributed by atoms with Crippen molar-refractivity contribution in [2.45, 2.75) is 12.8 Å². The van der Waals surface area contributed by atoms with Gasteiger partial charge in [0.2, 0.25) is 11.8 Å². The van der Waals surface area contributed by atoms with Crippen LogP contribution in [0.4, 0.5) is 5.69 Å². The van der Waals surface area contributed by atoms with Crippen LogP contribution in [-0.4, -0.2) is 49.4 Å². The second kappa shape index (κ2) is 9.05. The lowest BCUT2D eigenvalue weighted by Crippen LogP contribution is -2.51. The summed E-state index contributed by atoms with van der Waals surface area (Å²) >= 11 is 7.67. The molecule has 0 unspecified atom stereocenters. The normalized spacial score (nSPS) is 14.3. The van der Waals surface area contributed by atoms with E-state index < -0.39 is 0 Å². The van der Waals surface area contributed by atoms with Crippen molar-refractivity contribution in [3.63, 3.8) is 0 Å². The number of rotatable bonds is 6. The average molecular weight is 392 g/mol. The Labute approximate surface area is 162 Å². The first-order chi connectivity index (χ1) is 12.6. The summed E-state index contributed by atoms with van der Waals surface area (Å²) in [6, 6.07) is 9.76. The number of carbonyl (C=O) groups is 2. The van der Waals surface area contributed by atoms with Crippen molar-refractivity contribution >= 4 is 40.4 Å². The Morgan fingerprint density at radius 3 is 2.65 bits per heavy atom. The van der Waals surface area contributed by atoms with Crippen molar-refractivity contribution in [1.29, 1.82) is 0 Å². The van der Waals surface area contributed by atoms with Gasteiger partial charge in [-0.2, -0.15) is 11.3 Å². The molecule has 2 heterocycles. The van der Waals surface area contributed by atoms with Crippen molar-refractivity contribution in [3.8, 4) is 0 Å². The second-order valence-corrected chi connectivity index (χ2v) is 7.47. The number of thiophene rings is 1. The predicted molar refractivity (Wildman–Crippen MR) is 106 cm³/mol. The number of piperazine rings is 1. The van der Waals surface area contributed by atoms with Gasteiger partial charge < -0.3 is 15.1 Å². The Morgan fingerprint density at radius 1 is 1.15 bits per heavy atom. The van der Waals surface area contributed by atoms with Crippen molar-refractivity contribution in [2.75, 3.05) is 37.6 Å². The summed E-state index contributed by atoms with van der Waals surface area (Å²) < 4.78 is 0. The molecule has 7 heteroatoms. The lowest BCUT2D eigenvalue weighted by atomic mass is 10.2. The van der Waals surface area contributed by atoms with E-state index in [2.05, 4.69) is 10.2 Å². The summed E-state index contributed by atoms with van der Waals surface area (Å²) in [5.74, 6) is -0.109. The molecular weight excluding hydrogens is 370 g/mol. The number of hydrogen-bond acceptors (Lipinski definition) is 4. The quantitative estimate of drug-likeness (QED) is 0.823. The lowest BCUT2D eigenvalue weighted by molar-refractivity contribution is -0.133. The molecule has 5 nitrogen and oxygen atoms in total. The molecule has 1 saturated heterocycles. The topological polar surface area (TPSA) is 52.7 Å². The first-order valence-electron chi connectivity index (χ1n) is 8.68. The number of anilines is 1. The van der Waals surface area contributed by atoms with Crippen molar-refractivity contribution in [1.82, 2.24) is 10.2 Å². The number of aryl methyl sites for hydroxylation is 1. The highest BCUT2D eigenvalue weighted by Crippen LogP contribution is 2.20. The summed E-state index contributed by atoms with van der Waals surface area (Å²) in [6.45, 7) is 2.89. The minimum absolute atomic E-state index is 0.0281. The van der Waals surface area contributed by atoms with E-state index in [4.69, 9.17) is 11.6 Å². The van der Waals surface area contributed by atoms with Crippen molar-refractivity contribution < 1.29 is 9.59 Å². The Hall–Kier alpha value is -2.05. The SMILES string of the molecule is O=C(CCc1ccsc1)NCC(=O)N1CCN(c2cccc(Cl)c2)CC1. The fourth-order valence-corrected chi connectivity index (χ4v) is 3.84. The standard InChI is InChI=1S/C19H22ClN3O2S/c20-16-2-1-3-17(12-16)22-7-9-23(10-8-22)19(25)13-21-18(24)5-4-15-6-11-26-14-15/h1-3,6,11-12,14H,4-5,7-10,13H2,(H,21,24). The molecule has 26 heavy (non-hydrogen) atoms. The molecular formula is C19H22ClN3O2S. The molecule has 2 amide bonds. The highest BCUT2D eigenvalue weighted by molar-refractivity contribution is 7.07. The van der Waals surface area contributed by atoms with Gasteiger partial charge in [0.25, 0.3) is 0 Å². The maximum absolute atomic E-state index is 12.3. The van der Waals surface area contributed by atoms with E-state index in [1.807, 2.05) is 41.1 Å². The van der Waals surface area contributed by atoms with Gasteiger partial charge in [0.05, 0.1) is 6.54 Å². The van der Waals surface area contributed by atoms with Gasteiger partial charge in [0, 0.05) is 43.3 Å². The maximum atomic E-state index is 12.3. The van der Waals surface area contributed by atoms with E-state index in [-0.39, 0.29) is 18.4 Å². The van der Waals surface area contributed by atoms with Crippen LogP contribution in [-0.2, 0) is 16.0 Å². The Morgan fingerprint density at radius 2 is 1.96 bits per heavy atom. The number of nitrogens with zero attached hydrogens (tertiary/aromatic N) is 2. The maximum Gasteiger partial charge on any atom is 0.242 e. The molecule has 0 aliphatic carbocycles.